The Morgan fingerprint density at radius 2 is 1.13 bits per heavy atom. The summed E-state index contributed by atoms with van der Waals surface area (Å²) in [6.45, 7) is -0.863. The van der Waals surface area contributed by atoms with Crippen LogP contribution in [0.4, 0.5) is 0 Å². The first-order valence-corrected chi connectivity index (χ1v) is 8.34. The molecule has 3 unspecified atom stereocenters. The number of amides is 3. The third-order valence-electron chi connectivity index (χ3n) is 3.44. The molecule has 0 aliphatic carbocycles. The molecule has 0 aliphatic rings. The molecule has 0 spiro atoms. The van der Waals surface area contributed by atoms with E-state index in [0.717, 1.165) is 0 Å². The predicted molar refractivity (Wildman–Crippen MR) is 93.9 cm³/mol. The van der Waals surface area contributed by atoms with Crippen molar-refractivity contribution in [1.29, 1.82) is 0 Å². The summed E-state index contributed by atoms with van der Waals surface area (Å²) in [5.74, 6) is -9.17. The Kier molecular flexibility index (Phi) is 11.1. The van der Waals surface area contributed by atoms with Gasteiger partial charge in [0, 0.05) is 6.42 Å². The predicted octanol–water partition coefficient (Wildman–Crippen LogP) is -3.70. The van der Waals surface area contributed by atoms with Gasteiger partial charge in [-0.05, 0) is 6.42 Å². The maximum Gasteiger partial charge on any atom is 0.322 e. The van der Waals surface area contributed by atoms with E-state index in [1.165, 1.54) is 0 Å². The van der Waals surface area contributed by atoms with Crippen molar-refractivity contribution in [3.05, 3.63) is 0 Å². The summed E-state index contributed by atoms with van der Waals surface area (Å²) in [7, 11) is 0. The second-order valence-corrected chi connectivity index (χ2v) is 5.97. The number of hydrogen-bond donors (Lipinski definition) is 8. The van der Waals surface area contributed by atoms with E-state index in [9.17, 15) is 33.6 Å². The fraction of sp³-hybridized carbons (Fsp3) is 0.533. The van der Waals surface area contributed by atoms with Crippen molar-refractivity contribution in [3.63, 3.8) is 0 Å². The number of carboxylic acids is 4. The van der Waals surface area contributed by atoms with Crippen LogP contribution in [0.25, 0.3) is 0 Å². The van der Waals surface area contributed by atoms with Crippen LogP contribution in [-0.2, 0) is 33.6 Å². The average molecular weight is 434 g/mol. The number of carbonyl (C=O) groups is 7. The number of nitrogens with one attached hydrogen (secondary N) is 3. The van der Waals surface area contributed by atoms with Crippen molar-refractivity contribution in [3.8, 4) is 0 Å². The summed E-state index contributed by atoms with van der Waals surface area (Å²) in [5, 5.41) is 40.7. The van der Waals surface area contributed by atoms with Crippen LogP contribution >= 0.6 is 0 Å². The number of carbonyl (C=O) groups excluding carboxylic acids is 3. The Morgan fingerprint density at radius 3 is 1.57 bits per heavy atom. The lowest BCUT2D eigenvalue weighted by molar-refractivity contribution is -0.143. The first-order chi connectivity index (χ1) is 13.8. The molecule has 0 aromatic heterocycles. The van der Waals surface area contributed by atoms with Crippen molar-refractivity contribution >= 4 is 41.6 Å². The number of aliphatic carboxylic acids is 4. The summed E-state index contributed by atoms with van der Waals surface area (Å²) in [6.07, 6.45) is -2.68. The topological polar surface area (TPSA) is 263 Å². The molecule has 9 N–H and O–H groups in total. The molecule has 0 fully saturated rings. The Bertz CT molecular complexity index is 709. The van der Waals surface area contributed by atoms with Crippen LogP contribution in [0.15, 0.2) is 0 Å². The summed E-state index contributed by atoms with van der Waals surface area (Å²) < 4.78 is 0. The number of carboxylic acid groups (broad SMARTS) is 4. The van der Waals surface area contributed by atoms with Gasteiger partial charge in [-0.15, -0.1) is 0 Å². The van der Waals surface area contributed by atoms with E-state index in [1.807, 2.05) is 16.0 Å². The molecular weight excluding hydrogens is 412 g/mol. The third kappa shape index (κ3) is 11.2. The molecule has 0 aliphatic heterocycles. The van der Waals surface area contributed by atoms with Gasteiger partial charge in [-0.1, -0.05) is 0 Å². The highest BCUT2D eigenvalue weighted by molar-refractivity contribution is 5.96. The van der Waals surface area contributed by atoms with Gasteiger partial charge >= 0.3 is 23.9 Å². The minimum atomic E-state index is -1.77. The van der Waals surface area contributed by atoms with Crippen molar-refractivity contribution < 1.29 is 54.0 Å². The number of hydrogen-bond acceptors (Lipinski definition) is 8. The first kappa shape index (κ1) is 26.2. The molecule has 168 valence electrons. The third-order valence-corrected chi connectivity index (χ3v) is 3.44. The van der Waals surface area contributed by atoms with Crippen LogP contribution in [0.3, 0.4) is 0 Å². The molecule has 0 bridgehead atoms. The number of rotatable bonds is 14. The molecule has 0 saturated heterocycles. The molecule has 15 heteroatoms. The summed E-state index contributed by atoms with van der Waals surface area (Å²) >= 11 is 0. The fourth-order valence-electron chi connectivity index (χ4n) is 2.01. The van der Waals surface area contributed by atoms with Gasteiger partial charge in [0.25, 0.3) is 0 Å². The quantitative estimate of drug-likeness (QED) is 0.131. The van der Waals surface area contributed by atoms with Crippen LogP contribution in [0, 0.1) is 0 Å². The molecule has 0 radical (unpaired) electrons. The molecule has 3 atom stereocenters. The number of nitrogens with two attached hydrogens (primary N) is 1. The fourth-order valence-corrected chi connectivity index (χ4v) is 2.01. The van der Waals surface area contributed by atoms with Crippen molar-refractivity contribution in [1.82, 2.24) is 16.0 Å². The average Bonchev–Trinajstić information content (AvgIpc) is 2.61. The van der Waals surface area contributed by atoms with Crippen LogP contribution in [0.2, 0.25) is 0 Å². The molecule has 0 heterocycles. The monoisotopic (exact) mass is 434 g/mol. The standard InChI is InChI=1S/C15H22N4O11/c16-6(1-2-9(20)21)13(28)18-8(4-11(24)25)15(30)19-7(3-10(22)23)14(29)17-5-12(26)27/h6-8H,1-5,16H2,(H,17,29)(H,18,28)(H,19,30)(H,20,21)(H,22,23)(H,24,25)(H,26,27). The van der Waals surface area contributed by atoms with E-state index in [2.05, 4.69) is 0 Å². The highest BCUT2D eigenvalue weighted by atomic mass is 16.4. The minimum Gasteiger partial charge on any atom is -0.481 e. The Labute approximate surface area is 168 Å². The second kappa shape index (κ2) is 12.7. The summed E-state index contributed by atoms with van der Waals surface area (Å²) in [6, 6.07) is -4.91. The van der Waals surface area contributed by atoms with E-state index in [-0.39, 0.29) is 6.42 Å². The molecule has 15 nitrogen and oxygen atoms in total. The summed E-state index contributed by atoms with van der Waals surface area (Å²) in [5.41, 5.74) is 5.48. The Balaban J connectivity index is 5.26. The van der Waals surface area contributed by atoms with Crippen LogP contribution < -0.4 is 21.7 Å². The van der Waals surface area contributed by atoms with E-state index >= 15 is 0 Å². The first-order valence-electron chi connectivity index (χ1n) is 8.34. The second-order valence-electron chi connectivity index (χ2n) is 5.97. The largest absolute Gasteiger partial charge is 0.481 e. The molecule has 0 rings (SSSR count). The van der Waals surface area contributed by atoms with Crippen LogP contribution in [0.1, 0.15) is 25.7 Å². The zero-order valence-electron chi connectivity index (χ0n) is 15.5. The van der Waals surface area contributed by atoms with E-state index in [4.69, 9.17) is 26.2 Å². The normalized spacial score (nSPS) is 13.2. The van der Waals surface area contributed by atoms with Crippen LogP contribution in [-0.4, -0.2) is 86.7 Å². The molecule has 0 aromatic rings. The van der Waals surface area contributed by atoms with Crippen molar-refractivity contribution in [2.45, 2.75) is 43.8 Å². The molecule has 30 heavy (non-hydrogen) atoms. The van der Waals surface area contributed by atoms with E-state index in [1.54, 1.807) is 0 Å². The maximum absolute atomic E-state index is 12.3. The van der Waals surface area contributed by atoms with Gasteiger partial charge in [-0.3, -0.25) is 33.6 Å². The molecular formula is C15H22N4O11. The summed E-state index contributed by atoms with van der Waals surface area (Å²) in [4.78, 5) is 79.1. The highest BCUT2D eigenvalue weighted by Crippen LogP contribution is 2.01. The zero-order valence-corrected chi connectivity index (χ0v) is 15.5. The Hall–Kier alpha value is -3.75. The van der Waals surface area contributed by atoms with Gasteiger partial charge in [-0.25, -0.2) is 0 Å². The molecule has 0 saturated carbocycles. The lowest BCUT2D eigenvalue weighted by Gasteiger charge is -2.22. The van der Waals surface area contributed by atoms with Gasteiger partial charge in [0.2, 0.25) is 17.7 Å². The van der Waals surface area contributed by atoms with E-state index < -0.39 is 85.5 Å². The maximum atomic E-state index is 12.3. The smallest absolute Gasteiger partial charge is 0.322 e. The molecule has 0 aromatic carbocycles. The lowest BCUT2D eigenvalue weighted by Crippen LogP contribution is -2.56. The van der Waals surface area contributed by atoms with Crippen LogP contribution in [0.5, 0.6) is 0 Å². The van der Waals surface area contributed by atoms with Gasteiger partial charge < -0.3 is 42.1 Å². The van der Waals surface area contributed by atoms with Gasteiger partial charge in [0.05, 0.1) is 18.9 Å². The SMILES string of the molecule is NC(CCC(=O)O)C(=O)NC(CC(=O)O)C(=O)NC(CC(=O)O)C(=O)NCC(=O)O. The highest BCUT2D eigenvalue weighted by Gasteiger charge is 2.31. The molecule has 3 amide bonds. The zero-order chi connectivity index (χ0) is 23.4. The van der Waals surface area contributed by atoms with E-state index in [0.29, 0.717) is 0 Å². The van der Waals surface area contributed by atoms with Crippen molar-refractivity contribution in [2.24, 2.45) is 5.73 Å². The van der Waals surface area contributed by atoms with Gasteiger partial charge in [0.1, 0.15) is 18.6 Å². The lowest BCUT2D eigenvalue weighted by atomic mass is 10.1. The Morgan fingerprint density at radius 1 is 0.667 bits per heavy atom. The minimum absolute atomic E-state index is 0.304. The van der Waals surface area contributed by atoms with Gasteiger partial charge in [-0.2, -0.15) is 0 Å². The van der Waals surface area contributed by atoms with Crippen molar-refractivity contribution in [2.75, 3.05) is 6.54 Å². The van der Waals surface area contributed by atoms with Gasteiger partial charge in [0.15, 0.2) is 0 Å².